The van der Waals surface area contributed by atoms with Gasteiger partial charge in [0, 0.05) is 17.8 Å². The standard InChI is InChI=1S/C12H15N3S/c1-3-14-12(10-5-4-6-13-7-10)11-8-16-9(2)15-11/h4-8,12,14H,3H2,1-2H3. The van der Waals surface area contributed by atoms with Gasteiger partial charge in [0.25, 0.3) is 0 Å². The van der Waals surface area contributed by atoms with Crippen LogP contribution >= 0.6 is 11.3 Å². The highest BCUT2D eigenvalue weighted by atomic mass is 32.1. The molecule has 0 aliphatic heterocycles. The molecule has 1 N–H and O–H groups in total. The average molecular weight is 233 g/mol. The molecule has 3 nitrogen and oxygen atoms in total. The summed E-state index contributed by atoms with van der Waals surface area (Å²) in [4.78, 5) is 8.69. The zero-order chi connectivity index (χ0) is 11.4. The minimum absolute atomic E-state index is 0.156. The second kappa shape index (κ2) is 5.18. The van der Waals surface area contributed by atoms with Gasteiger partial charge in [-0.05, 0) is 25.1 Å². The molecule has 0 fully saturated rings. The van der Waals surface area contributed by atoms with Crippen molar-refractivity contribution in [2.45, 2.75) is 19.9 Å². The molecule has 16 heavy (non-hydrogen) atoms. The lowest BCUT2D eigenvalue weighted by Gasteiger charge is -2.15. The van der Waals surface area contributed by atoms with Crippen LogP contribution in [0, 0.1) is 6.92 Å². The third-order valence-electron chi connectivity index (χ3n) is 2.36. The maximum Gasteiger partial charge on any atom is 0.0898 e. The summed E-state index contributed by atoms with van der Waals surface area (Å²) < 4.78 is 0. The molecule has 0 spiro atoms. The van der Waals surface area contributed by atoms with Gasteiger partial charge in [-0.2, -0.15) is 0 Å². The van der Waals surface area contributed by atoms with Crippen LogP contribution in [0.25, 0.3) is 0 Å². The number of nitrogens with one attached hydrogen (secondary N) is 1. The first-order valence-corrected chi connectivity index (χ1v) is 6.24. The lowest BCUT2D eigenvalue weighted by atomic mass is 10.1. The first kappa shape index (κ1) is 11.2. The lowest BCUT2D eigenvalue weighted by Crippen LogP contribution is -2.22. The van der Waals surface area contributed by atoms with Crippen molar-refractivity contribution >= 4 is 11.3 Å². The van der Waals surface area contributed by atoms with Crippen molar-refractivity contribution < 1.29 is 0 Å². The van der Waals surface area contributed by atoms with Gasteiger partial charge in [0.05, 0.1) is 16.7 Å². The summed E-state index contributed by atoms with van der Waals surface area (Å²) in [6, 6.07) is 4.19. The summed E-state index contributed by atoms with van der Waals surface area (Å²) >= 11 is 1.68. The number of thiazole rings is 1. The largest absolute Gasteiger partial charge is 0.305 e. The number of pyridine rings is 1. The van der Waals surface area contributed by atoms with Gasteiger partial charge < -0.3 is 5.32 Å². The molecule has 84 valence electrons. The van der Waals surface area contributed by atoms with E-state index in [0.29, 0.717) is 0 Å². The molecule has 2 aromatic heterocycles. The minimum atomic E-state index is 0.156. The van der Waals surface area contributed by atoms with Crippen LogP contribution in [-0.4, -0.2) is 16.5 Å². The van der Waals surface area contributed by atoms with Crippen LogP contribution in [0.15, 0.2) is 29.9 Å². The smallest absolute Gasteiger partial charge is 0.0898 e. The van der Waals surface area contributed by atoms with Crippen molar-refractivity contribution in [3.05, 3.63) is 46.2 Å². The lowest BCUT2D eigenvalue weighted by molar-refractivity contribution is 0.616. The Labute approximate surface area is 99.6 Å². The molecular formula is C12H15N3S. The highest BCUT2D eigenvalue weighted by molar-refractivity contribution is 7.09. The van der Waals surface area contributed by atoms with E-state index in [0.717, 1.165) is 22.8 Å². The van der Waals surface area contributed by atoms with Crippen LogP contribution in [-0.2, 0) is 0 Å². The van der Waals surface area contributed by atoms with Gasteiger partial charge in [0.2, 0.25) is 0 Å². The molecule has 0 bridgehead atoms. The van der Waals surface area contributed by atoms with Gasteiger partial charge >= 0.3 is 0 Å². The third-order valence-corrected chi connectivity index (χ3v) is 3.15. The number of hydrogen-bond donors (Lipinski definition) is 1. The minimum Gasteiger partial charge on any atom is -0.305 e. The van der Waals surface area contributed by atoms with Gasteiger partial charge in [-0.1, -0.05) is 13.0 Å². The number of aromatic nitrogens is 2. The maximum absolute atomic E-state index is 4.53. The van der Waals surface area contributed by atoms with E-state index in [1.165, 1.54) is 0 Å². The summed E-state index contributed by atoms with van der Waals surface area (Å²) in [5.41, 5.74) is 2.24. The van der Waals surface area contributed by atoms with Gasteiger partial charge in [-0.25, -0.2) is 4.98 Å². The Hall–Kier alpha value is -1.26. The Balaban J connectivity index is 2.31. The molecule has 0 aliphatic rings. The van der Waals surface area contributed by atoms with Crippen molar-refractivity contribution in [1.82, 2.24) is 15.3 Å². The van der Waals surface area contributed by atoms with E-state index in [2.05, 4.69) is 33.7 Å². The molecule has 2 aromatic rings. The first-order valence-electron chi connectivity index (χ1n) is 5.36. The Morgan fingerprint density at radius 2 is 2.38 bits per heavy atom. The second-order valence-corrected chi connectivity index (χ2v) is 4.63. The fourth-order valence-corrected chi connectivity index (χ4v) is 2.29. The summed E-state index contributed by atoms with van der Waals surface area (Å²) in [5, 5.41) is 6.64. The number of nitrogens with zero attached hydrogens (tertiary/aromatic N) is 2. The zero-order valence-electron chi connectivity index (χ0n) is 9.47. The van der Waals surface area contributed by atoms with Gasteiger partial charge in [-0.3, -0.25) is 4.98 Å². The fourth-order valence-electron chi connectivity index (χ4n) is 1.66. The van der Waals surface area contributed by atoms with Crippen molar-refractivity contribution in [3.8, 4) is 0 Å². The molecule has 0 saturated carbocycles. The molecule has 0 amide bonds. The topological polar surface area (TPSA) is 37.8 Å². The van der Waals surface area contributed by atoms with E-state index in [-0.39, 0.29) is 6.04 Å². The molecule has 2 rings (SSSR count). The summed E-state index contributed by atoms with van der Waals surface area (Å²) in [7, 11) is 0. The molecule has 0 saturated heterocycles. The number of aryl methyl sites for hydroxylation is 1. The molecule has 0 aromatic carbocycles. The monoisotopic (exact) mass is 233 g/mol. The van der Waals surface area contributed by atoms with Crippen LogP contribution in [0.5, 0.6) is 0 Å². The number of rotatable bonds is 4. The van der Waals surface area contributed by atoms with Crippen molar-refractivity contribution in [3.63, 3.8) is 0 Å². The first-order chi connectivity index (χ1) is 7.81. The van der Waals surface area contributed by atoms with E-state index in [1.54, 1.807) is 17.5 Å². The molecule has 1 unspecified atom stereocenters. The van der Waals surface area contributed by atoms with Gasteiger partial charge in [0.15, 0.2) is 0 Å². The third kappa shape index (κ3) is 2.46. The molecular weight excluding hydrogens is 218 g/mol. The number of hydrogen-bond acceptors (Lipinski definition) is 4. The predicted octanol–water partition coefficient (Wildman–Crippen LogP) is 2.55. The van der Waals surface area contributed by atoms with Crippen molar-refractivity contribution in [1.29, 1.82) is 0 Å². The van der Waals surface area contributed by atoms with Crippen LogP contribution in [0.1, 0.15) is 29.2 Å². The molecule has 0 aliphatic carbocycles. The quantitative estimate of drug-likeness (QED) is 0.882. The Morgan fingerprint density at radius 1 is 1.50 bits per heavy atom. The maximum atomic E-state index is 4.53. The Kier molecular flexibility index (Phi) is 3.64. The Bertz CT molecular complexity index is 439. The van der Waals surface area contributed by atoms with Gasteiger partial charge in [0.1, 0.15) is 0 Å². The van der Waals surface area contributed by atoms with Crippen LogP contribution < -0.4 is 5.32 Å². The summed E-state index contributed by atoms with van der Waals surface area (Å²) in [6.07, 6.45) is 3.68. The van der Waals surface area contributed by atoms with E-state index in [1.807, 2.05) is 19.2 Å². The van der Waals surface area contributed by atoms with E-state index in [9.17, 15) is 0 Å². The highest BCUT2D eigenvalue weighted by Gasteiger charge is 2.15. The van der Waals surface area contributed by atoms with Crippen LogP contribution in [0.2, 0.25) is 0 Å². The van der Waals surface area contributed by atoms with E-state index < -0.39 is 0 Å². The normalized spacial score (nSPS) is 12.6. The molecule has 2 heterocycles. The fraction of sp³-hybridized carbons (Fsp3) is 0.333. The highest BCUT2D eigenvalue weighted by Crippen LogP contribution is 2.22. The van der Waals surface area contributed by atoms with Crippen LogP contribution in [0.3, 0.4) is 0 Å². The summed E-state index contributed by atoms with van der Waals surface area (Å²) in [6.45, 7) is 5.04. The Morgan fingerprint density at radius 3 is 2.94 bits per heavy atom. The molecule has 1 atom stereocenters. The van der Waals surface area contributed by atoms with E-state index >= 15 is 0 Å². The van der Waals surface area contributed by atoms with E-state index in [4.69, 9.17) is 0 Å². The van der Waals surface area contributed by atoms with Crippen molar-refractivity contribution in [2.24, 2.45) is 0 Å². The van der Waals surface area contributed by atoms with Crippen molar-refractivity contribution in [2.75, 3.05) is 6.54 Å². The average Bonchev–Trinajstić information content (AvgIpc) is 2.74. The van der Waals surface area contributed by atoms with Crippen LogP contribution in [0.4, 0.5) is 0 Å². The zero-order valence-corrected chi connectivity index (χ0v) is 10.3. The van der Waals surface area contributed by atoms with Gasteiger partial charge in [-0.15, -0.1) is 11.3 Å². The second-order valence-electron chi connectivity index (χ2n) is 3.57. The predicted molar refractivity (Wildman–Crippen MR) is 66.6 cm³/mol. The summed E-state index contributed by atoms with van der Waals surface area (Å²) in [5.74, 6) is 0. The molecule has 0 radical (unpaired) electrons. The SMILES string of the molecule is CCNC(c1cccnc1)c1csc(C)n1. The molecule has 4 heteroatoms.